The molecule has 0 radical (unpaired) electrons. The first kappa shape index (κ1) is 14.8. The predicted octanol–water partition coefficient (Wildman–Crippen LogP) is 3.67. The number of ether oxygens (including phenoxy) is 2. The quantitative estimate of drug-likeness (QED) is 0.834. The summed E-state index contributed by atoms with van der Waals surface area (Å²) in [5.74, 6) is 1.58. The highest BCUT2D eigenvalue weighted by Crippen LogP contribution is 2.26. The van der Waals surface area contributed by atoms with Crippen LogP contribution in [-0.4, -0.2) is 12.1 Å². The molecule has 0 amide bonds. The number of hydrogen-bond donors (Lipinski definition) is 1. The fraction of sp³-hybridized carbons (Fsp3) is 0.133. The summed E-state index contributed by atoms with van der Waals surface area (Å²) in [4.78, 5) is 0.385. The van der Waals surface area contributed by atoms with Crippen molar-refractivity contribution in [2.45, 2.75) is 6.61 Å². The van der Waals surface area contributed by atoms with Crippen LogP contribution in [0.5, 0.6) is 11.5 Å². The van der Waals surface area contributed by atoms with Crippen LogP contribution in [-0.2, 0) is 6.61 Å². The Morgan fingerprint density at radius 1 is 1.20 bits per heavy atom. The lowest BCUT2D eigenvalue weighted by atomic mass is 10.2. The Labute approximate surface area is 131 Å². The van der Waals surface area contributed by atoms with Crippen molar-refractivity contribution in [3.63, 3.8) is 0 Å². The van der Waals surface area contributed by atoms with E-state index in [1.54, 1.807) is 7.11 Å². The molecule has 0 aliphatic rings. The van der Waals surface area contributed by atoms with Gasteiger partial charge in [0.1, 0.15) is 23.1 Å². The maximum atomic E-state index is 5.71. The smallest absolute Gasteiger partial charge is 0.133 e. The van der Waals surface area contributed by atoms with Gasteiger partial charge in [-0.3, -0.25) is 0 Å². The Kier molecular flexibility index (Phi) is 4.98. The van der Waals surface area contributed by atoms with Gasteiger partial charge in [0.2, 0.25) is 0 Å². The number of rotatable bonds is 5. The minimum atomic E-state index is 0.385. The summed E-state index contributed by atoms with van der Waals surface area (Å²) in [6, 6.07) is 13.2. The second-order valence-corrected chi connectivity index (χ2v) is 5.44. The van der Waals surface area contributed by atoms with Gasteiger partial charge in [0.15, 0.2) is 0 Å². The second kappa shape index (κ2) is 6.72. The minimum absolute atomic E-state index is 0.385. The molecule has 3 nitrogen and oxygen atoms in total. The number of nitrogens with two attached hydrogens (primary N) is 1. The monoisotopic (exact) mass is 351 g/mol. The lowest BCUT2D eigenvalue weighted by Crippen LogP contribution is -2.08. The zero-order chi connectivity index (χ0) is 14.5. The van der Waals surface area contributed by atoms with Gasteiger partial charge in [-0.15, -0.1) is 0 Å². The highest BCUT2D eigenvalue weighted by atomic mass is 79.9. The second-order valence-electron chi connectivity index (χ2n) is 4.15. The molecule has 0 heterocycles. The average molecular weight is 352 g/mol. The van der Waals surface area contributed by atoms with E-state index in [0.717, 1.165) is 27.1 Å². The van der Waals surface area contributed by atoms with Crippen molar-refractivity contribution >= 4 is 33.1 Å². The molecule has 2 aromatic rings. The van der Waals surface area contributed by atoms with Gasteiger partial charge in [0.25, 0.3) is 0 Å². The zero-order valence-electron chi connectivity index (χ0n) is 10.9. The van der Waals surface area contributed by atoms with Crippen LogP contribution in [0.2, 0.25) is 0 Å². The Balaban J connectivity index is 2.01. The maximum absolute atomic E-state index is 5.71. The molecule has 2 aromatic carbocycles. The SMILES string of the molecule is COc1ccc(COc2ccc(C(N)=S)cc2)cc1Br. The molecular formula is C15H14BrNO2S. The van der Waals surface area contributed by atoms with Crippen LogP contribution in [0.25, 0.3) is 0 Å². The lowest BCUT2D eigenvalue weighted by molar-refractivity contribution is 0.306. The summed E-state index contributed by atoms with van der Waals surface area (Å²) in [6.45, 7) is 0.481. The normalized spacial score (nSPS) is 10.1. The summed E-state index contributed by atoms with van der Waals surface area (Å²) in [6.07, 6.45) is 0. The molecule has 0 spiro atoms. The van der Waals surface area contributed by atoms with Gasteiger partial charge in [-0.05, 0) is 57.9 Å². The van der Waals surface area contributed by atoms with E-state index in [1.165, 1.54) is 0 Å². The molecule has 2 rings (SSSR count). The van der Waals surface area contributed by atoms with Gasteiger partial charge in [-0.25, -0.2) is 0 Å². The van der Waals surface area contributed by atoms with Crippen LogP contribution in [0.1, 0.15) is 11.1 Å². The maximum Gasteiger partial charge on any atom is 0.133 e. The molecule has 2 N–H and O–H groups in total. The van der Waals surface area contributed by atoms with Gasteiger partial charge in [0, 0.05) is 5.56 Å². The van der Waals surface area contributed by atoms with E-state index in [0.29, 0.717) is 11.6 Å². The van der Waals surface area contributed by atoms with Crippen LogP contribution in [0.15, 0.2) is 46.9 Å². The molecule has 0 fully saturated rings. The summed E-state index contributed by atoms with van der Waals surface area (Å²) < 4.78 is 11.8. The van der Waals surface area contributed by atoms with Crippen LogP contribution >= 0.6 is 28.1 Å². The third kappa shape index (κ3) is 3.71. The molecule has 0 saturated heterocycles. The highest BCUT2D eigenvalue weighted by Gasteiger charge is 2.03. The Morgan fingerprint density at radius 3 is 2.45 bits per heavy atom. The fourth-order valence-electron chi connectivity index (χ4n) is 1.68. The molecule has 5 heteroatoms. The summed E-state index contributed by atoms with van der Waals surface area (Å²) >= 11 is 8.35. The third-order valence-corrected chi connectivity index (χ3v) is 3.62. The Hall–Kier alpha value is -1.59. The first-order chi connectivity index (χ1) is 9.60. The lowest BCUT2D eigenvalue weighted by Gasteiger charge is -2.09. The van der Waals surface area contributed by atoms with Gasteiger partial charge in [0.05, 0.1) is 11.6 Å². The standard InChI is InChI=1S/C15H14BrNO2S/c1-18-14-7-2-10(8-13(14)16)9-19-12-5-3-11(4-6-12)15(17)20/h2-8H,9H2,1H3,(H2,17,20). The van der Waals surface area contributed by atoms with Crippen LogP contribution in [0, 0.1) is 0 Å². The van der Waals surface area contributed by atoms with Crippen molar-refractivity contribution in [2.24, 2.45) is 5.73 Å². The van der Waals surface area contributed by atoms with Gasteiger partial charge in [-0.1, -0.05) is 18.3 Å². The van der Waals surface area contributed by atoms with E-state index in [1.807, 2.05) is 42.5 Å². The van der Waals surface area contributed by atoms with E-state index in [2.05, 4.69) is 15.9 Å². The summed E-state index contributed by atoms with van der Waals surface area (Å²) in [7, 11) is 1.64. The first-order valence-corrected chi connectivity index (χ1v) is 7.15. The zero-order valence-corrected chi connectivity index (χ0v) is 13.3. The van der Waals surface area contributed by atoms with Gasteiger partial charge >= 0.3 is 0 Å². The molecule has 0 atom stereocenters. The summed E-state index contributed by atoms with van der Waals surface area (Å²) in [5.41, 5.74) is 7.43. The molecule has 0 saturated carbocycles. The molecule has 0 aromatic heterocycles. The summed E-state index contributed by atoms with van der Waals surface area (Å²) in [5, 5.41) is 0. The van der Waals surface area contributed by atoms with E-state index in [9.17, 15) is 0 Å². The minimum Gasteiger partial charge on any atom is -0.496 e. The number of thiocarbonyl (C=S) groups is 1. The fourth-order valence-corrected chi connectivity index (χ4v) is 2.41. The van der Waals surface area contributed by atoms with E-state index in [-0.39, 0.29) is 0 Å². The van der Waals surface area contributed by atoms with Gasteiger partial charge < -0.3 is 15.2 Å². The molecule has 0 aliphatic carbocycles. The number of benzene rings is 2. The van der Waals surface area contributed by atoms with Crippen molar-refractivity contribution in [1.29, 1.82) is 0 Å². The Bertz CT molecular complexity index is 614. The van der Waals surface area contributed by atoms with Crippen LogP contribution < -0.4 is 15.2 Å². The van der Waals surface area contributed by atoms with Crippen LogP contribution in [0.4, 0.5) is 0 Å². The van der Waals surface area contributed by atoms with Crippen molar-refractivity contribution in [3.8, 4) is 11.5 Å². The third-order valence-electron chi connectivity index (χ3n) is 2.76. The Morgan fingerprint density at radius 2 is 1.90 bits per heavy atom. The average Bonchev–Trinajstić information content (AvgIpc) is 2.45. The van der Waals surface area contributed by atoms with E-state index < -0.39 is 0 Å². The highest BCUT2D eigenvalue weighted by molar-refractivity contribution is 9.10. The molecule has 20 heavy (non-hydrogen) atoms. The van der Waals surface area contributed by atoms with Gasteiger partial charge in [-0.2, -0.15) is 0 Å². The van der Waals surface area contributed by atoms with Crippen molar-refractivity contribution in [3.05, 3.63) is 58.1 Å². The number of hydrogen-bond acceptors (Lipinski definition) is 3. The molecule has 0 bridgehead atoms. The largest absolute Gasteiger partial charge is 0.496 e. The molecule has 104 valence electrons. The predicted molar refractivity (Wildman–Crippen MR) is 87.4 cm³/mol. The molecule has 0 unspecified atom stereocenters. The topological polar surface area (TPSA) is 44.5 Å². The van der Waals surface area contributed by atoms with Crippen LogP contribution in [0.3, 0.4) is 0 Å². The van der Waals surface area contributed by atoms with E-state index in [4.69, 9.17) is 27.4 Å². The van der Waals surface area contributed by atoms with Crippen molar-refractivity contribution in [1.82, 2.24) is 0 Å². The van der Waals surface area contributed by atoms with E-state index >= 15 is 0 Å². The van der Waals surface area contributed by atoms with Crippen molar-refractivity contribution < 1.29 is 9.47 Å². The number of methoxy groups -OCH3 is 1. The first-order valence-electron chi connectivity index (χ1n) is 5.95. The molecular weight excluding hydrogens is 338 g/mol. The van der Waals surface area contributed by atoms with Crippen molar-refractivity contribution in [2.75, 3.05) is 7.11 Å². The number of halogens is 1. The molecule has 0 aliphatic heterocycles.